The number of fused-ring (bicyclic) bond motifs is 1. The van der Waals surface area contributed by atoms with Crippen molar-refractivity contribution in [3.63, 3.8) is 0 Å². The van der Waals surface area contributed by atoms with E-state index in [0.29, 0.717) is 23.4 Å². The lowest BCUT2D eigenvalue weighted by Crippen LogP contribution is -2.65. The summed E-state index contributed by atoms with van der Waals surface area (Å²) in [4.78, 5) is 2.87. The third-order valence-corrected chi connectivity index (χ3v) is 6.49. The van der Waals surface area contributed by atoms with Crippen LogP contribution in [-0.2, 0) is 10.0 Å². The smallest absolute Gasteiger partial charge is 0.243 e. The van der Waals surface area contributed by atoms with Gasteiger partial charge in [0, 0.05) is 31.1 Å². The van der Waals surface area contributed by atoms with Crippen LogP contribution in [0.4, 0.5) is 0 Å². The van der Waals surface area contributed by atoms with Gasteiger partial charge in [0.1, 0.15) is 0 Å². The first-order valence-corrected chi connectivity index (χ1v) is 8.75. The molecule has 0 saturated carbocycles. The van der Waals surface area contributed by atoms with E-state index in [1.165, 1.54) is 0 Å². The summed E-state index contributed by atoms with van der Waals surface area (Å²) in [6.45, 7) is 7.11. The molecule has 110 valence electrons. The molecule has 5 heteroatoms. The van der Waals surface area contributed by atoms with E-state index in [1.807, 2.05) is 6.07 Å². The normalized spacial score (nSPS) is 28.1. The topological polar surface area (TPSA) is 40.6 Å². The summed E-state index contributed by atoms with van der Waals surface area (Å²) in [5.41, 5.74) is 0. The zero-order valence-electron chi connectivity index (χ0n) is 12.1. The molecular formula is C15H22N2O2S. The van der Waals surface area contributed by atoms with E-state index >= 15 is 0 Å². The lowest BCUT2D eigenvalue weighted by molar-refractivity contribution is 0.00221. The molecule has 4 nitrogen and oxygen atoms in total. The molecule has 0 spiro atoms. The first-order valence-electron chi connectivity index (χ1n) is 7.31. The molecule has 0 aliphatic carbocycles. The predicted molar refractivity (Wildman–Crippen MR) is 78.9 cm³/mol. The predicted octanol–water partition coefficient (Wildman–Crippen LogP) is 1.79. The maximum Gasteiger partial charge on any atom is 0.243 e. The highest BCUT2D eigenvalue weighted by molar-refractivity contribution is 7.89. The molecule has 2 atom stereocenters. The van der Waals surface area contributed by atoms with Crippen molar-refractivity contribution in [2.75, 3.05) is 19.6 Å². The SMILES string of the molecule is CC(C)N1CC[C@@H]2[C@H](C1)CN2S(=O)(=O)c1ccccc1. The van der Waals surface area contributed by atoms with Crippen LogP contribution in [0.1, 0.15) is 20.3 Å². The standard InChI is InChI=1S/C15H22N2O2S/c1-12(2)16-9-8-15-13(10-16)11-17(15)20(18,19)14-6-4-3-5-7-14/h3-7,12-13,15H,8-11H2,1-2H3/t13-,15-/m1/s1. The van der Waals surface area contributed by atoms with Crippen molar-refractivity contribution in [2.45, 2.75) is 37.2 Å². The highest BCUT2D eigenvalue weighted by Gasteiger charge is 2.48. The van der Waals surface area contributed by atoms with E-state index < -0.39 is 10.0 Å². The number of likely N-dealkylation sites (tertiary alicyclic amines) is 1. The van der Waals surface area contributed by atoms with E-state index in [4.69, 9.17) is 0 Å². The highest BCUT2D eigenvalue weighted by atomic mass is 32.2. The summed E-state index contributed by atoms with van der Waals surface area (Å²) in [6, 6.07) is 9.54. The van der Waals surface area contributed by atoms with E-state index in [1.54, 1.807) is 28.6 Å². The second-order valence-electron chi connectivity index (χ2n) is 6.09. The van der Waals surface area contributed by atoms with Gasteiger partial charge in [-0.3, -0.25) is 0 Å². The molecule has 2 heterocycles. The van der Waals surface area contributed by atoms with E-state index in [0.717, 1.165) is 19.5 Å². The van der Waals surface area contributed by atoms with Crippen molar-refractivity contribution in [3.8, 4) is 0 Å². The number of benzene rings is 1. The lowest BCUT2D eigenvalue weighted by Gasteiger charge is -2.53. The van der Waals surface area contributed by atoms with Crippen LogP contribution in [0, 0.1) is 5.92 Å². The van der Waals surface area contributed by atoms with Crippen LogP contribution in [0.25, 0.3) is 0 Å². The second-order valence-corrected chi connectivity index (χ2v) is 7.98. The summed E-state index contributed by atoms with van der Waals surface area (Å²) in [7, 11) is -3.30. The van der Waals surface area contributed by atoms with Crippen LogP contribution in [0.2, 0.25) is 0 Å². The molecule has 0 aromatic heterocycles. The van der Waals surface area contributed by atoms with Gasteiger partial charge in [-0.05, 0) is 38.9 Å². The van der Waals surface area contributed by atoms with E-state index in [2.05, 4.69) is 18.7 Å². The minimum absolute atomic E-state index is 0.204. The van der Waals surface area contributed by atoms with Crippen LogP contribution in [0.3, 0.4) is 0 Å². The minimum atomic E-state index is -3.30. The zero-order valence-corrected chi connectivity index (χ0v) is 12.9. The number of rotatable bonds is 3. The average molecular weight is 294 g/mol. The first kappa shape index (κ1) is 14.0. The largest absolute Gasteiger partial charge is 0.300 e. The zero-order chi connectivity index (χ0) is 14.3. The first-order chi connectivity index (χ1) is 9.50. The second kappa shape index (κ2) is 5.13. The van der Waals surface area contributed by atoms with Crippen LogP contribution in [0.5, 0.6) is 0 Å². The molecule has 20 heavy (non-hydrogen) atoms. The van der Waals surface area contributed by atoms with Crippen LogP contribution in [-0.4, -0.2) is 49.3 Å². The molecule has 1 aromatic rings. The van der Waals surface area contributed by atoms with Crippen LogP contribution in [0.15, 0.2) is 35.2 Å². The van der Waals surface area contributed by atoms with Crippen LogP contribution >= 0.6 is 0 Å². The Morgan fingerprint density at radius 1 is 1.15 bits per heavy atom. The van der Waals surface area contributed by atoms with Crippen molar-refractivity contribution >= 4 is 10.0 Å². The van der Waals surface area contributed by atoms with Gasteiger partial charge in [0.25, 0.3) is 0 Å². The Morgan fingerprint density at radius 2 is 1.85 bits per heavy atom. The van der Waals surface area contributed by atoms with Gasteiger partial charge >= 0.3 is 0 Å². The van der Waals surface area contributed by atoms with Gasteiger partial charge in [0.15, 0.2) is 0 Å². The Bertz CT molecular complexity index is 571. The molecule has 2 saturated heterocycles. The van der Waals surface area contributed by atoms with Crippen molar-refractivity contribution < 1.29 is 8.42 Å². The minimum Gasteiger partial charge on any atom is -0.300 e. The maximum atomic E-state index is 12.6. The van der Waals surface area contributed by atoms with Gasteiger partial charge in [-0.15, -0.1) is 0 Å². The summed E-state index contributed by atoms with van der Waals surface area (Å²) in [6.07, 6.45) is 0.953. The number of piperidine rings is 1. The van der Waals surface area contributed by atoms with Crippen molar-refractivity contribution in [1.82, 2.24) is 9.21 Å². The molecule has 2 aliphatic heterocycles. The van der Waals surface area contributed by atoms with Crippen molar-refractivity contribution in [3.05, 3.63) is 30.3 Å². The number of hydrogen-bond acceptors (Lipinski definition) is 3. The monoisotopic (exact) mass is 294 g/mol. The molecule has 0 amide bonds. The highest BCUT2D eigenvalue weighted by Crippen LogP contribution is 2.37. The van der Waals surface area contributed by atoms with Gasteiger partial charge in [0.2, 0.25) is 10.0 Å². The van der Waals surface area contributed by atoms with Gasteiger partial charge in [-0.25, -0.2) is 8.42 Å². The molecule has 0 N–H and O–H groups in total. The number of hydrogen-bond donors (Lipinski definition) is 0. The van der Waals surface area contributed by atoms with Crippen molar-refractivity contribution in [1.29, 1.82) is 0 Å². The fourth-order valence-electron chi connectivity index (χ4n) is 3.31. The maximum absolute atomic E-state index is 12.6. The summed E-state index contributed by atoms with van der Waals surface area (Å²) >= 11 is 0. The van der Waals surface area contributed by atoms with Gasteiger partial charge in [0.05, 0.1) is 4.90 Å². The Kier molecular flexibility index (Phi) is 3.60. The summed E-state index contributed by atoms with van der Waals surface area (Å²) < 4.78 is 26.9. The van der Waals surface area contributed by atoms with E-state index in [9.17, 15) is 8.42 Å². The third-order valence-electron chi connectivity index (χ3n) is 4.59. The molecule has 3 rings (SSSR count). The molecule has 0 bridgehead atoms. The Labute approximate surface area is 121 Å². The van der Waals surface area contributed by atoms with Gasteiger partial charge in [-0.1, -0.05) is 18.2 Å². The van der Waals surface area contributed by atoms with Gasteiger partial charge < -0.3 is 4.90 Å². The Morgan fingerprint density at radius 3 is 2.45 bits per heavy atom. The molecule has 2 fully saturated rings. The molecule has 0 radical (unpaired) electrons. The summed E-state index contributed by atoms with van der Waals surface area (Å²) in [5, 5.41) is 0. The fraction of sp³-hybridized carbons (Fsp3) is 0.600. The number of sulfonamides is 1. The summed E-state index contributed by atoms with van der Waals surface area (Å²) in [5.74, 6) is 0.504. The average Bonchev–Trinajstić information content (AvgIpc) is 2.40. The molecular weight excluding hydrogens is 272 g/mol. The quantitative estimate of drug-likeness (QED) is 0.853. The molecule has 2 aliphatic rings. The van der Waals surface area contributed by atoms with E-state index in [-0.39, 0.29) is 6.04 Å². The van der Waals surface area contributed by atoms with Crippen LogP contribution < -0.4 is 0 Å². The lowest BCUT2D eigenvalue weighted by atomic mass is 9.85. The van der Waals surface area contributed by atoms with Gasteiger partial charge in [-0.2, -0.15) is 4.31 Å². The van der Waals surface area contributed by atoms with Crippen molar-refractivity contribution in [2.24, 2.45) is 5.92 Å². The fourth-order valence-corrected chi connectivity index (χ4v) is 5.10. The third kappa shape index (κ3) is 2.28. The molecule has 1 aromatic carbocycles. The Hall–Kier alpha value is -0.910. The Balaban J connectivity index is 1.73. The number of nitrogens with zero attached hydrogens (tertiary/aromatic N) is 2. The molecule has 0 unspecified atom stereocenters.